The fourth-order valence-corrected chi connectivity index (χ4v) is 1.01. The van der Waals surface area contributed by atoms with E-state index in [9.17, 15) is 13.6 Å². The van der Waals surface area contributed by atoms with Crippen LogP contribution in [0.15, 0.2) is 12.3 Å². The minimum absolute atomic E-state index is 0.0890. The monoisotopic (exact) mass is 201 g/mol. The van der Waals surface area contributed by atoms with Crippen molar-refractivity contribution >= 4 is 5.91 Å². The Morgan fingerprint density at radius 3 is 2.64 bits per heavy atom. The number of hydrogen-bond donors (Lipinski definition) is 2. The molecule has 1 heterocycles. The second-order valence-electron chi connectivity index (χ2n) is 2.65. The first-order chi connectivity index (χ1) is 6.56. The Morgan fingerprint density at radius 1 is 1.57 bits per heavy atom. The van der Waals surface area contributed by atoms with Crippen LogP contribution in [0.2, 0.25) is 0 Å². The highest BCUT2D eigenvalue weighted by atomic mass is 19.3. The fourth-order valence-electron chi connectivity index (χ4n) is 1.01. The van der Waals surface area contributed by atoms with Gasteiger partial charge in [-0.1, -0.05) is 0 Å². The molecule has 6 heteroatoms. The molecule has 76 valence electrons. The number of carbonyl (C=O) groups is 1. The van der Waals surface area contributed by atoms with Gasteiger partial charge >= 0.3 is 0 Å². The summed E-state index contributed by atoms with van der Waals surface area (Å²) in [6, 6.07) is 1.14. The van der Waals surface area contributed by atoms with E-state index in [0.717, 1.165) is 6.07 Å². The summed E-state index contributed by atoms with van der Waals surface area (Å²) in [6.07, 6.45) is -1.53. The van der Waals surface area contributed by atoms with Crippen LogP contribution in [-0.2, 0) is 6.54 Å². The minimum atomic E-state index is -2.78. The van der Waals surface area contributed by atoms with Gasteiger partial charge in [-0.25, -0.2) is 8.78 Å². The molecule has 0 aliphatic carbocycles. The number of nitrogens with zero attached hydrogens (tertiary/aromatic N) is 1. The van der Waals surface area contributed by atoms with Crippen molar-refractivity contribution in [2.24, 2.45) is 11.5 Å². The van der Waals surface area contributed by atoms with Crippen molar-refractivity contribution < 1.29 is 13.6 Å². The first-order valence-electron chi connectivity index (χ1n) is 3.83. The standard InChI is InChI=1S/C8H9F2N3O/c9-7(10)5-1-4(2-11)3-13-6(5)8(12)14/h1,3,7H,2,11H2,(H2,12,14). The Kier molecular flexibility index (Phi) is 3.08. The summed E-state index contributed by atoms with van der Waals surface area (Å²) in [5.41, 5.74) is 9.68. The lowest BCUT2D eigenvalue weighted by Gasteiger charge is -2.06. The van der Waals surface area contributed by atoms with Crippen molar-refractivity contribution in [2.75, 3.05) is 0 Å². The van der Waals surface area contributed by atoms with E-state index in [2.05, 4.69) is 4.98 Å². The molecule has 1 aromatic heterocycles. The van der Waals surface area contributed by atoms with Gasteiger partial charge in [0.15, 0.2) is 0 Å². The van der Waals surface area contributed by atoms with E-state index in [1.54, 1.807) is 0 Å². The lowest BCUT2D eigenvalue weighted by Crippen LogP contribution is -2.17. The van der Waals surface area contributed by atoms with Gasteiger partial charge in [0.2, 0.25) is 0 Å². The largest absolute Gasteiger partial charge is 0.364 e. The maximum atomic E-state index is 12.4. The van der Waals surface area contributed by atoms with Crippen molar-refractivity contribution in [1.29, 1.82) is 0 Å². The molecule has 4 nitrogen and oxygen atoms in total. The fraction of sp³-hybridized carbons (Fsp3) is 0.250. The molecule has 0 saturated carbocycles. The molecule has 0 spiro atoms. The smallest absolute Gasteiger partial charge is 0.267 e. The number of primary amides is 1. The van der Waals surface area contributed by atoms with Gasteiger partial charge in [-0.05, 0) is 11.6 Å². The molecule has 0 aliphatic rings. The molecule has 1 amide bonds. The molecule has 0 saturated heterocycles. The van der Waals surface area contributed by atoms with Crippen LogP contribution >= 0.6 is 0 Å². The average Bonchev–Trinajstić information content (AvgIpc) is 2.16. The Labute approximate surface area is 78.9 Å². The predicted octanol–water partition coefficient (Wildman–Crippen LogP) is 0.577. The lowest BCUT2D eigenvalue weighted by molar-refractivity contribution is 0.0980. The van der Waals surface area contributed by atoms with Gasteiger partial charge in [0.05, 0.1) is 0 Å². The zero-order valence-corrected chi connectivity index (χ0v) is 7.21. The van der Waals surface area contributed by atoms with Crippen LogP contribution in [0.1, 0.15) is 28.0 Å². The van der Waals surface area contributed by atoms with Crippen LogP contribution in [0.25, 0.3) is 0 Å². The van der Waals surface area contributed by atoms with Crippen LogP contribution in [0, 0.1) is 0 Å². The van der Waals surface area contributed by atoms with Gasteiger partial charge in [0.25, 0.3) is 12.3 Å². The molecule has 0 aromatic carbocycles. The van der Waals surface area contributed by atoms with E-state index < -0.39 is 23.6 Å². The number of amides is 1. The molecule has 0 aliphatic heterocycles. The van der Waals surface area contributed by atoms with Gasteiger partial charge in [0.1, 0.15) is 5.69 Å². The Bertz CT molecular complexity index is 354. The van der Waals surface area contributed by atoms with Crippen LogP contribution in [0.5, 0.6) is 0 Å². The third kappa shape index (κ3) is 2.02. The van der Waals surface area contributed by atoms with Gasteiger partial charge in [-0.15, -0.1) is 0 Å². The highest BCUT2D eigenvalue weighted by molar-refractivity contribution is 5.92. The van der Waals surface area contributed by atoms with Crippen LogP contribution in [-0.4, -0.2) is 10.9 Å². The Morgan fingerprint density at radius 2 is 2.21 bits per heavy atom. The van der Waals surface area contributed by atoms with Gasteiger partial charge in [-0.2, -0.15) is 0 Å². The molecular formula is C8H9F2N3O. The first kappa shape index (κ1) is 10.5. The number of rotatable bonds is 3. The van der Waals surface area contributed by atoms with Gasteiger partial charge in [0, 0.05) is 18.3 Å². The highest BCUT2D eigenvalue weighted by Crippen LogP contribution is 2.22. The molecule has 1 rings (SSSR count). The van der Waals surface area contributed by atoms with E-state index in [-0.39, 0.29) is 6.54 Å². The molecule has 14 heavy (non-hydrogen) atoms. The average molecular weight is 201 g/mol. The molecule has 4 N–H and O–H groups in total. The summed E-state index contributed by atoms with van der Waals surface area (Å²) in [4.78, 5) is 14.3. The first-order valence-corrected chi connectivity index (χ1v) is 3.83. The highest BCUT2D eigenvalue weighted by Gasteiger charge is 2.18. The van der Waals surface area contributed by atoms with Crippen LogP contribution < -0.4 is 11.5 Å². The quantitative estimate of drug-likeness (QED) is 0.750. The van der Waals surface area contributed by atoms with E-state index in [1.165, 1.54) is 6.20 Å². The Hall–Kier alpha value is -1.56. The second kappa shape index (κ2) is 4.10. The van der Waals surface area contributed by atoms with Crippen molar-refractivity contribution in [3.05, 3.63) is 29.1 Å². The molecule has 0 radical (unpaired) electrons. The lowest BCUT2D eigenvalue weighted by atomic mass is 10.1. The third-order valence-electron chi connectivity index (χ3n) is 1.68. The number of pyridine rings is 1. The van der Waals surface area contributed by atoms with Crippen molar-refractivity contribution in [1.82, 2.24) is 4.98 Å². The summed E-state index contributed by atoms with van der Waals surface area (Å²) < 4.78 is 24.8. The van der Waals surface area contributed by atoms with E-state index in [0.29, 0.717) is 5.56 Å². The van der Waals surface area contributed by atoms with Crippen LogP contribution in [0.4, 0.5) is 8.78 Å². The number of alkyl halides is 2. The number of aromatic nitrogens is 1. The normalized spacial score (nSPS) is 10.6. The molecule has 0 atom stereocenters. The summed E-state index contributed by atoms with van der Waals surface area (Å²) in [7, 11) is 0. The van der Waals surface area contributed by atoms with E-state index in [4.69, 9.17) is 11.5 Å². The summed E-state index contributed by atoms with van der Waals surface area (Å²) in [5, 5.41) is 0. The minimum Gasteiger partial charge on any atom is -0.364 e. The van der Waals surface area contributed by atoms with E-state index in [1.807, 2.05) is 0 Å². The maximum absolute atomic E-state index is 12.4. The SMILES string of the molecule is NCc1cnc(C(N)=O)c(C(F)F)c1. The predicted molar refractivity (Wildman–Crippen MR) is 45.6 cm³/mol. The number of nitrogens with two attached hydrogens (primary N) is 2. The Balaban J connectivity index is 3.24. The molecule has 0 fully saturated rings. The topological polar surface area (TPSA) is 82.0 Å². The van der Waals surface area contributed by atoms with E-state index >= 15 is 0 Å². The molecule has 0 bridgehead atoms. The summed E-state index contributed by atoms with van der Waals surface area (Å²) >= 11 is 0. The van der Waals surface area contributed by atoms with Gasteiger partial charge in [-0.3, -0.25) is 9.78 Å². The number of carbonyl (C=O) groups excluding carboxylic acids is 1. The molecule has 0 unspecified atom stereocenters. The van der Waals surface area contributed by atoms with Gasteiger partial charge < -0.3 is 11.5 Å². The summed E-state index contributed by atoms with van der Waals surface area (Å²) in [5.74, 6) is -0.969. The summed E-state index contributed by atoms with van der Waals surface area (Å²) in [6.45, 7) is 0.0890. The molecule has 1 aromatic rings. The van der Waals surface area contributed by atoms with Crippen molar-refractivity contribution in [2.45, 2.75) is 13.0 Å². The van der Waals surface area contributed by atoms with Crippen LogP contribution in [0.3, 0.4) is 0 Å². The van der Waals surface area contributed by atoms with Crippen molar-refractivity contribution in [3.63, 3.8) is 0 Å². The maximum Gasteiger partial charge on any atom is 0.267 e. The third-order valence-corrected chi connectivity index (χ3v) is 1.68. The zero-order valence-electron chi connectivity index (χ0n) is 7.21. The second-order valence-corrected chi connectivity index (χ2v) is 2.65. The zero-order chi connectivity index (χ0) is 10.7. The molecular weight excluding hydrogens is 192 g/mol. The number of hydrogen-bond acceptors (Lipinski definition) is 3. The number of halogens is 2. The van der Waals surface area contributed by atoms with Crippen molar-refractivity contribution in [3.8, 4) is 0 Å².